The molecule has 0 aromatic heterocycles. The number of hydrogen-bond donors (Lipinski definition) is 0. The van der Waals surface area contributed by atoms with Crippen LogP contribution in [0.25, 0.3) is 0 Å². The molecular formula is C13H17NOS. The summed E-state index contributed by atoms with van der Waals surface area (Å²) in [5, 5.41) is 0. The van der Waals surface area contributed by atoms with Crippen LogP contribution in [0.1, 0.15) is 19.4 Å². The van der Waals surface area contributed by atoms with Crippen LogP contribution in [0.3, 0.4) is 0 Å². The van der Waals surface area contributed by atoms with Gasteiger partial charge in [0.2, 0.25) is 5.91 Å². The highest BCUT2D eigenvalue weighted by molar-refractivity contribution is 7.98. The van der Waals surface area contributed by atoms with Gasteiger partial charge in [0.1, 0.15) is 0 Å². The molecule has 0 N–H and O–H groups in total. The predicted molar refractivity (Wildman–Crippen MR) is 70.2 cm³/mol. The van der Waals surface area contributed by atoms with E-state index in [0.717, 1.165) is 18.0 Å². The van der Waals surface area contributed by atoms with E-state index < -0.39 is 0 Å². The number of amides is 1. The number of benzene rings is 1. The number of rotatable bonds is 2. The molecule has 3 heteroatoms. The molecule has 0 radical (unpaired) electrons. The zero-order valence-electron chi connectivity index (χ0n) is 9.99. The number of carbonyl (C=O) groups is 1. The number of thioether (sulfide) groups is 1. The fraction of sp³-hybridized carbons (Fsp3) is 0.462. The van der Waals surface area contributed by atoms with Crippen molar-refractivity contribution in [2.75, 3.05) is 23.5 Å². The molecule has 0 unspecified atom stereocenters. The van der Waals surface area contributed by atoms with E-state index in [0.29, 0.717) is 0 Å². The summed E-state index contributed by atoms with van der Waals surface area (Å²) in [5.74, 6) is 1.19. The standard InChI is InChI=1S/C13H17NOS/c1-10(15)14-8-13(2,9-16-3)11-6-4-5-7-12(11)14/h4-7H,8-9H2,1-3H3/t13-/m1/s1. The van der Waals surface area contributed by atoms with Gasteiger partial charge < -0.3 is 4.90 Å². The van der Waals surface area contributed by atoms with Crippen LogP contribution in [0, 0.1) is 0 Å². The Morgan fingerprint density at radius 3 is 2.81 bits per heavy atom. The Morgan fingerprint density at radius 1 is 1.50 bits per heavy atom. The van der Waals surface area contributed by atoms with Crippen molar-refractivity contribution in [2.45, 2.75) is 19.3 Å². The fourth-order valence-electron chi connectivity index (χ4n) is 2.46. The Hall–Kier alpha value is -0.960. The first-order chi connectivity index (χ1) is 7.58. The first-order valence-electron chi connectivity index (χ1n) is 5.45. The zero-order chi connectivity index (χ0) is 11.8. The summed E-state index contributed by atoms with van der Waals surface area (Å²) in [5.41, 5.74) is 2.49. The third-order valence-electron chi connectivity index (χ3n) is 3.20. The second-order valence-corrected chi connectivity index (χ2v) is 5.48. The topological polar surface area (TPSA) is 20.3 Å². The SMILES string of the molecule is CSC[C@@]1(C)CN(C(C)=O)c2ccccc21. The van der Waals surface area contributed by atoms with Gasteiger partial charge in [0.05, 0.1) is 0 Å². The lowest BCUT2D eigenvalue weighted by Gasteiger charge is -2.24. The molecule has 2 rings (SSSR count). The molecule has 1 heterocycles. The number of fused-ring (bicyclic) bond motifs is 1. The highest BCUT2D eigenvalue weighted by Gasteiger charge is 2.39. The third kappa shape index (κ3) is 1.73. The summed E-state index contributed by atoms with van der Waals surface area (Å²) in [6.07, 6.45) is 2.12. The van der Waals surface area contributed by atoms with E-state index in [-0.39, 0.29) is 11.3 Å². The molecule has 1 aromatic rings. The Morgan fingerprint density at radius 2 is 2.19 bits per heavy atom. The van der Waals surface area contributed by atoms with Gasteiger partial charge in [-0.3, -0.25) is 4.79 Å². The first-order valence-corrected chi connectivity index (χ1v) is 6.84. The molecular weight excluding hydrogens is 218 g/mol. The zero-order valence-corrected chi connectivity index (χ0v) is 10.8. The first kappa shape index (κ1) is 11.5. The number of anilines is 1. The van der Waals surface area contributed by atoms with Gasteiger partial charge in [-0.05, 0) is 17.9 Å². The molecule has 2 nitrogen and oxygen atoms in total. The normalized spacial score (nSPS) is 23.3. The van der Waals surface area contributed by atoms with E-state index in [2.05, 4.69) is 25.3 Å². The number of carbonyl (C=O) groups excluding carboxylic acids is 1. The van der Waals surface area contributed by atoms with Crippen molar-refractivity contribution in [3.8, 4) is 0 Å². The van der Waals surface area contributed by atoms with E-state index in [1.807, 2.05) is 28.8 Å². The van der Waals surface area contributed by atoms with Gasteiger partial charge in [-0.25, -0.2) is 0 Å². The largest absolute Gasteiger partial charge is 0.311 e. The minimum absolute atomic E-state index is 0.0989. The summed E-state index contributed by atoms with van der Waals surface area (Å²) in [4.78, 5) is 13.5. The molecule has 0 bridgehead atoms. The van der Waals surface area contributed by atoms with Crippen LogP contribution < -0.4 is 4.90 Å². The number of nitrogens with zero attached hydrogens (tertiary/aromatic N) is 1. The van der Waals surface area contributed by atoms with Gasteiger partial charge in [-0.1, -0.05) is 25.1 Å². The van der Waals surface area contributed by atoms with Crippen molar-refractivity contribution in [2.24, 2.45) is 0 Å². The van der Waals surface area contributed by atoms with Crippen LogP contribution >= 0.6 is 11.8 Å². The molecule has 16 heavy (non-hydrogen) atoms. The molecule has 1 aromatic carbocycles. The van der Waals surface area contributed by atoms with E-state index in [4.69, 9.17) is 0 Å². The minimum atomic E-state index is 0.0989. The summed E-state index contributed by atoms with van der Waals surface area (Å²) in [6.45, 7) is 4.69. The second kappa shape index (κ2) is 4.13. The van der Waals surface area contributed by atoms with Crippen molar-refractivity contribution in [3.05, 3.63) is 29.8 Å². The smallest absolute Gasteiger partial charge is 0.223 e. The molecule has 1 aliphatic heterocycles. The Bertz CT molecular complexity index is 418. The highest BCUT2D eigenvalue weighted by atomic mass is 32.2. The molecule has 0 saturated heterocycles. The molecule has 0 spiro atoms. The van der Waals surface area contributed by atoms with Crippen LogP contribution in [-0.2, 0) is 10.2 Å². The molecule has 1 amide bonds. The van der Waals surface area contributed by atoms with Gasteiger partial charge in [0, 0.05) is 30.3 Å². The van der Waals surface area contributed by atoms with Crippen LogP contribution in [0.15, 0.2) is 24.3 Å². The minimum Gasteiger partial charge on any atom is -0.311 e. The average molecular weight is 235 g/mol. The van der Waals surface area contributed by atoms with E-state index >= 15 is 0 Å². The maximum absolute atomic E-state index is 11.6. The molecule has 0 saturated carbocycles. The fourth-order valence-corrected chi connectivity index (χ4v) is 3.35. The third-order valence-corrected chi connectivity index (χ3v) is 4.12. The molecule has 1 atom stereocenters. The van der Waals surface area contributed by atoms with Crippen molar-refractivity contribution in [1.82, 2.24) is 0 Å². The van der Waals surface area contributed by atoms with Crippen molar-refractivity contribution < 1.29 is 4.79 Å². The van der Waals surface area contributed by atoms with Crippen molar-refractivity contribution >= 4 is 23.4 Å². The monoisotopic (exact) mass is 235 g/mol. The van der Waals surface area contributed by atoms with Gasteiger partial charge in [0.25, 0.3) is 0 Å². The number of hydrogen-bond acceptors (Lipinski definition) is 2. The van der Waals surface area contributed by atoms with E-state index in [1.165, 1.54) is 5.56 Å². The lowest BCUT2D eigenvalue weighted by Crippen LogP contribution is -2.35. The Kier molecular flexibility index (Phi) is 2.98. The van der Waals surface area contributed by atoms with Crippen molar-refractivity contribution in [3.63, 3.8) is 0 Å². The molecule has 0 fully saturated rings. The van der Waals surface area contributed by atoms with Gasteiger partial charge in [0.15, 0.2) is 0 Å². The molecule has 0 aliphatic carbocycles. The summed E-state index contributed by atoms with van der Waals surface area (Å²) >= 11 is 1.84. The van der Waals surface area contributed by atoms with Crippen molar-refractivity contribution in [1.29, 1.82) is 0 Å². The highest BCUT2D eigenvalue weighted by Crippen LogP contribution is 2.41. The van der Waals surface area contributed by atoms with Crippen LogP contribution in [0.5, 0.6) is 0 Å². The summed E-state index contributed by atoms with van der Waals surface area (Å²) in [6, 6.07) is 8.25. The molecule has 86 valence electrons. The van der Waals surface area contributed by atoms with Crippen LogP contribution in [0.2, 0.25) is 0 Å². The lowest BCUT2D eigenvalue weighted by molar-refractivity contribution is -0.116. The van der Waals surface area contributed by atoms with Crippen LogP contribution in [-0.4, -0.2) is 24.5 Å². The molecule has 1 aliphatic rings. The summed E-state index contributed by atoms with van der Waals surface area (Å²) < 4.78 is 0. The number of para-hydroxylation sites is 1. The maximum atomic E-state index is 11.6. The predicted octanol–water partition coefficient (Wildman–Crippen LogP) is 2.67. The van der Waals surface area contributed by atoms with E-state index in [9.17, 15) is 4.79 Å². The Labute approximate surface area is 101 Å². The van der Waals surface area contributed by atoms with Gasteiger partial charge in [-0.15, -0.1) is 0 Å². The summed E-state index contributed by atoms with van der Waals surface area (Å²) in [7, 11) is 0. The quantitative estimate of drug-likeness (QED) is 0.785. The van der Waals surface area contributed by atoms with Crippen LogP contribution in [0.4, 0.5) is 5.69 Å². The van der Waals surface area contributed by atoms with Gasteiger partial charge in [-0.2, -0.15) is 11.8 Å². The Balaban J connectivity index is 2.46. The lowest BCUT2D eigenvalue weighted by atomic mass is 9.87. The van der Waals surface area contributed by atoms with Gasteiger partial charge >= 0.3 is 0 Å². The van der Waals surface area contributed by atoms with E-state index in [1.54, 1.807) is 6.92 Å². The second-order valence-electron chi connectivity index (χ2n) is 4.62. The maximum Gasteiger partial charge on any atom is 0.223 e. The average Bonchev–Trinajstić information content (AvgIpc) is 2.54.